The van der Waals surface area contributed by atoms with Crippen molar-refractivity contribution >= 4 is 17.7 Å². The van der Waals surface area contributed by atoms with Crippen LogP contribution in [0.15, 0.2) is 51.0 Å². The van der Waals surface area contributed by atoms with Crippen molar-refractivity contribution in [2.45, 2.75) is 30.8 Å². The summed E-state index contributed by atoms with van der Waals surface area (Å²) in [6, 6.07) is 8.65. The third-order valence-electron chi connectivity index (χ3n) is 3.43. The average molecular weight is 371 g/mol. The molecule has 3 aromatic rings. The fourth-order valence-corrected chi connectivity index (χ4v) is 3.06. The summed E-state index contributed by atoms with van der Waals surface area (Å²) in [5, 5.41) is 6.71. The first-order valence-corrected chi connectivity index (χ1v) is 8.78. The summed E-state index contributed by atoms with van der Waals surface area (Å²) in [4.78, 5) is 34.7. The molecule has 0 bridgehead atoms. The molecule has 8 nitrogen and oxygen atoms in total. The number of hydrogen-bond acceptors (Lipinski definition) is 7. The van der Waals surface area contributed by atoms with Crippen LogP contribution in [-0.4, -0.2) is 31.3 Å². The number of aromatic nitrogens is 4. The number of carbonyl (C=O) groups excluding carboxylic acids is 1. The number of nitrogens with one attached hydrogen (secondary N) is 2. The first-order valence-electron chi connectivity index (χ1n) is 7.90. The first kappa shape index (κ1) is 17.9. The molecule has 26 heavy (non-hydrogen) atoms. The molecule has 0 aromatic carbocycles. The second kappa shape index (κ2) is 7.96. The maximum Gasteiger partial charge on any atom is 0.251 e. The number of thioether (sulfide) groups is 1. The number of amides is 1. The van der Waals surface area contributed by atoms with Crippen LogP contribution < -0.4 is 10.9 Å². The smallest absolute Gasteiger partial charge is 0.251 e. The second-order valence-corrected chi connectivity index (χ2v) is 6.89. The molecule has 0 unspecified atom stereocenters. The summed E-state index contributed by atoms with van der Waals surface area (Å²) >= 11 is 1.18. The molecule has 0 saturated carbocycles. The number of pyridine rings is 1. The Hall–Kier alpha value is -2.94. The van der Waals surface area contributed by atoms with Crippen LogP contribution in [-0.2, 0) is 11.3 Å². The van der Waals surface area contributed by atoms with E-state index in [-0.39, 0.29) is 18.0 Å². The van der Waals surface area contributed by atoms with E-state index >= 15 is 0 Å². The van der Waals surface area contributed by atoms with Crippen molar-refractivity contribution in [1.29, 1.82) is 0 Å². The molecule has 0 aliphatic rings. The van der Waals surface area contributed by atoms with Crippen molar-refractivity contribution in [2.75, 3.05) is 0 Å². The summed E-state index contributed by atoms with van der Waals surface area (Å²) < 4.78 is 5.23. The highest BCUT2D eigenvalue weighted by molar-refractivity contribution is 8.00. The van der Waals surface area contributed by atoms with Crippen LogP contribution in [0.3, 0.4) is 0 Å². The molecule has 0 aliphatic heterocycles. The van der Waals surface area contributed by atoms with Gasteiger partial charge in [-0.2, -0.15) is 0 Å². The van der Waals surface area contributed by atoms with Crippen LogP contribution in [0.4, 0.5) is 0 Å². The van der Waals surface area contributed by atoms with Gasteiger partial charge in [-0.25, -0.2) is 4.98 Å². The van der Waals surface area contributed by atoms with Crippen LogP contribution in [0.25, 0.3) is 11.4 Å². The van der Waals surface area contributed by atoms with E-state index < -0.39 is 5.25 Å². The lowest BCUT2D eigenvalue weighted by atomic mass is 10.2. The Morgan fingerprint density at radius 1 is 1.35 bits per heavy atom. The lowest BCUT2D eigenvalue weighted by Crippen LogP contribution is -2.30. The van der Waals surface area contributed by atoms with Gasteiger partial charge in [0.25, 0.3) is 5.56 Å². The highest BCUT2D eigenvalue weighted by Crippen LogP contribution is 2.19. The average Bonchev–Trinajstić information content (AvgIpc) is 3.08. The van der Waals surface area contributed by atoms with Crippen LogP contribution in [0.2, 0.25) is 0 Å². The van der Waals surface area contributed by atoms with Crippen molar-refractivity contribution < 1.29 is 9.32 Å². The first-order chi connectivity index (χ1) is 12.5. The molecule has 0 spiro atoms. The zero-order valence-corrected chi connectivity index (χ0v) is 15.0. The molecular weight excluding hydrogens is 354 g/mol. The summed E-state index contributed by atoms with van der Waals surface area (Å²) in [5.41, 5.74) is 1.68. The van der Waals surface area contributed by atoms with Gasteiger partial charge in [-0.1, -0.05) is 23.0 Å². The van der Waals surface area contributed by atoms with E-state index in [1.165, 1.54) is 17.8 Å². The Kier molecular flexibility index (Phi) is 5.47. The molecule has 134 valence electrons. The van der Waals surface area contributed by atoms with E-state index in [0.29, 0.717) is 28.0 Å². The molecule has 0 radical (unpaired) electrons. The Labute approximate surface area is 153 Å². The maximum absolute atomic E-state index is 12.2. The number of H-pyrrole nitrogens is 1. The fraction of sp³-hybridized carbons (Fsp3) is 0.235. The molecule has 9 heteroatoms. The van der Waals surface area contributed by atoms with E-state index in [0.717, 1.165) is 0 Å². The maximum atomic E-state index is 12.2. The monoisotopic (exact) mass is 371 g/mol. The summed E-state index contributed by atoms with van der Waals surface area (Å²) in [5.74, 6) is 0.327. The van der Waals surface area contributed by atoms with E-state index in [1.54, 1.807) is 26.1 Å². The Morgan fingerprint density at radius 2 is 2.19 bits per heavy atom. The third-order valence-corrected chi connectivity index (χ3v) is 4.41. The summed E-state index contributed by atoms with van der Waals surface area (Å²) in [6.07, 6.45) is 1.67. The lowest BCUT2D eigenvalue weighted by Gasteiger charge is -2.10. The largest absolute Gasteiger partial charge is 0.359 e. The van der Waals surface area contributed by atoms with Gasteiger partial charge in [0, 0.05) is 24.0 Å². The lowest BCUT2D eigenvalue weighted by molar-refractivity contribution is -0.120. The third kappa shape index (κ3) is 4.57. The van der Waals surface area contributed by atoms with Gasteiger partial charge in [-0.05, 0) is 26.0 Å². The van der Waals surface area contributed by atoms with Gasteiger partial charge in [-0.15, -0.1) is 0 Å². The van der Waals surface area contributed by atoms with Gasteiger partial charge < -0.3 is 14.8 Å². The molecule has 2 N–H and O–H groups in total. The fourth-order valence-electron chi connectivity index (χ4n) is 2.18. The second-order valence-electron chi connectivity index (χ2n) is 5.56. The van der Waals surface area contributed by atoms with Gasteiger partial charge in [0.05, 0.1) is 17.5 Å². The van der Waals surface area contributed by atoms with Crippen LogP contribution in [0.1, 0.15) is 18.4 Å². The van der Waals surface area contributed by atoms with E-state index in [4.69, 9.17) is 4.52 Å². The van der Waals surface area contributed by atoms with Gasteiger partial charge >= 0.3 is 0 Å². The SMILES string of the molecule is Cc1cc(=O)[nH]c(S[C@H](C)C(=O)NCc2cc(-c3ccccn3)no2)n1. The number of nitrogens with zero attached hydrogens (tertiary/aromatic N) is 3. The number of hydrogen-bond donors (Lipinski definition) is 2. The molecule has 3 aromatic heterocycles. The zero-order chi connectivity index (χ0) is 18.5. The Bertz CT molecular complexity index is 954. The highest BCUT2D eigenvalue weighted by atomic mass is 32.2. The number of aryl methyl sites for hydroxylation is 1. The van der Waals surface area contributed by atoms with Crippen LogP contribution in [0, 0.1) is 6.92 Å². The van der Waals surface area contributed by atoms with Crippen molar-refractivity contribution in [2.24, 2.45) is 0 Å². The topological polar surface area (TPSA) is 114 Å². The van der Waals surface area contributed by atoms with Crippen LogP contribution in [0.5, 0.6) is 0 Å². The molecule has 1 atom stereocenters. The van der Waals surface area contributed by atoms with E-state index in [2.05, 4.69) is 25.4 Å². The summed E-state index contributed by atoms with van der Waals surface area (Å²) in [7, 11) is 0. The molecule has 0 fully saturated rings. The predicted octanol–water partition coefficient (Wildman–Crippen LogP) is 1.93. The zero-order valence-electron chi connectivity index (χ0n) is 14.2. The van der Waals surface area contributed by atoms with Gasteiger partial charge in [-0.3, -0.25) is 14.6 Å². The minimum Gasteiger partial charge on any atom is -0.359 e. The minimum absolute atomic E-state index is 0.199. The van der Waals surface area contributed by atoms with Crippen molar-refractivity contribution in [3.63, 3.8) is 0 Å². The molecular formula is C17H17N5O3S. The number of aromatic amines is 1. The van der Waals surface area contributed by atoms with Gasteiger partial charge in [0.15, 0.2) is 10.9 Å². The number of rotatable bonds is 6. The quantitative estimate of drug-likeness (QED) is 0.503. The molecule has 0 aliphatic carbocycles. The molecule has 0 saturated heterocycles. The normalized spacial score (nSPS) is 11.9. The minimum atomic E-state index is -0.432. The molecule has 3 rings (SSSR count). The van der Waals surface area contributed by atoms with Crippen molar-refractivity contribution in [3.8, 4) is 11.4 Å². The van der Waals surface area contributed by atoms with Gasteiger partial charge in [0.1, 0.15) is 5.69 Å². The molecule has 3 heterocycles. The summed E-state index contributed by atoms with van der Waals surface area (Å²) in [6.45, 7) is 3.68. The van der Waals surface area contributed by atoms with Crippen LogP contribution >= 0.6 is 11.8 Å². The molecule has 1 amide bonds. The van der Waals surface area contributed by atoms with E-state index in [1.807, 2.05) is 18.2 Å². The van der Waals surface area contributed by atoms with Gasteiger partial charge in [0.2, 0.25) is 5.91 Å². The standard InChI is InChI=1S/C17H17N5O3S/c1-10-7-15(23)21-17(20-10)26-11(2)16(24)19-9-12-8-14(22-25-12)13-5-3-4-6-18-13/h3-8,11H,9H2,1-2H3,(H,19,24)(H,20,21,23)/t11-/m1/s1. The van der Waals surface area contributed by atoms with E-state index in [9.17, 15) is 9.59 Å². The number of carbonyl (C=O) groups is 1. The Morgan fingerprint density at radius 3 is 2.92 bits per heavy atom. The van der Waals surface area contributed by atoms with Crippen molar-refractivity contribution in [1.82, 2.24) is 25.4 Å². The predicted molar refractivity (Wildman–Crippen MR) is 96.5 cm³/mol. The van der Waals surface area contributed by atoms with Crippen molar-refractivity contribution in [3.05, 3.63) is 58.3 Å². The Balaban J connectivity index is 1.56. The highest BCUT2D eigenvalue weighted by Gasteiger charge is 2.17.